The van der Waals surface area contributed by atoms with Gasteiger partial charge in [-0.3, -0.25) is 14.9 Å². The molecule has 0 aliphatic carbocycles. The summed E-state index contributed by atoms with van der Waals surface area (Å²) in [5, 5.41) is 19.6. The van der Waals surface area contributed by atoms with E-state index in [1.54, 1.807) is 6.07 Å². The van der Waals surface area contributed by atoms with Gasteiger partial charge in [-0.15, -0.1) is 0 Å². The summed E-state index contributed by atoms with van der Waals surface area (Å²) in [5.41, 5.74) is 0.512. The number of esters is 1. The van der Waals surface area contributed by atoms with Gasteiger partial charge >= 0.3 is 5.97 Å². The molecular formula is C10H11NO5. The number of ether oxygens (including phenoxy) is 1. The lowest BCUT2D eigenvalue weighted by Crippen LogP contribution is -2.05. The Kier molecular flexibility index (Phi) is 3.96. The van der Waals surface area contributed by atoms with Crippen molar-refractivity contribution in [1.82, 2.24) is 0 Å². The van der Waals surface area contributed by atoms with Crippen LogP contribution in [0.15, 0.2) is 18.2 Å². The Labute approximate surface area is 91.6 Å². The fraction of sp³-hybridized carbons (Fsp3) is 0.300. The van der Waals surface area contributed by atoms with Crippen molar-refractivity contribution in [3.8, 4) is 0 Å². The van der Waals surface area contributed by atoms with Gasteiger partial charge in [0.05, 0.1) is 30.6 Å². The molecular weight excluding hydrogens is 214 g/mol. The van der Waals surface area contributed by atoms with Gasteiger partial charge in [0, 0.05) is 6.07 Å². The smallest absolute Gasteiger partial charge is 0.309 e. The maximum absolute atomic E-state index is 11.0. The maximum atomic E-state index is 11.0. The topological polar surface area (TPSA) is 89.7 Å². The molecule has 0 heterocycles. The van der Waals surface area contributed by atoms with Gasteiger partial charge in [0.25, 0.3) is 5.69 Å². The van der Waals surface area contributed by atoms with Crippen LogP contribution in [0.3, 0.4) is 0 Å². The zero-order chi connectivity index (χ0) is 12.1. The summed E-state index contributed by atoms with van der Waals surface area (Å²) >= 11 is 0. The van der Waals surface area contributed by atoms with Gasteiger partial charge in [-0.1, -0.05) is 6.07 Å². The molecule has 1 N–H and O–H groups in total. The second kappa shape index (κ2) is 5.22. The van der Waals surface area contributed by atoms with E-state index in [9.17, 15) is 14.9 Å². The average molecular weight is 225 g/mol. The van der Waals surface area contributed by atoms with Crippen molar-refractivity contribution in [2.24, 2.45) is 0 Å². The lowest BCUT2D eigenvalue weighted by Gasteiger charge is -2.03. The summed E-state index contributed by atoms with van der Waals surface area (Å²) in [5.74, 6) is -0.467. The molecule has 0 bridgehead atoms. The monoisotopic (exact) mass is 225 g/mol. The maximum Gasteiger partial charge on any atom is 0.309 e. The molecule has 0 unspecified atom stereocenters. The van der Waals surface area contributed by atoms with E-state index < -0.39 is 17.5 Å². The Hall–Kier alpha value is -1.95. The molecule has 0 aromatic heterocycles. The summed E-state index contributed by atoms with van der Waals surface area (Å²) in [4.78, 5) is 21.1. The van der Waals surface area contributed by atoms with E-state index in [1.807, 2.05) is 0 Å². The number of carbonyl (C=O) groups is 1. The number of aliphatic hydroxyl groups is 1. The predicted molar refractivity (Wildman–Crippen MR) is 54.7 cm³/mol. The van der Waals surface area contributed by atoms with Crippen LogP contribution in [0, 0.1) is 10.1 Å². The van der Waals surface area contributed by atoms with E-state index >= 15 is 0 Å². The number of methoxy groups -OCH3 is 1. The largest absolute Gasteiger partial charge is 0.469 e. The van der Waals surface area contributed by atoms with Crippen LogP contribution < -0.4 is 0 Å². The third-order valence-corrected chi connectivity index (χ3v) is 2.09. The highest BCUT2D eigenvalue weighted by Gasteiger charge is 2.14. The van der Waals surface area contributed by atoms with Crippen molar-refractivity contribution in [1.29, 1.82) is 0 Å². The number of hydrogen-bond acceptors (Lipinski definition) is 5. The van der Waals surface area contributed by atoms with Gasteiger partial charge in [0.2, 0.25) is 0 Å². The molecule has 0 amide bonds. The molecule has 0 fully saturated rings. The van der Waals surface area contributed by atoms with Crippen LogP contribution in [-0.2, 0) is 22.6 Å². The average Bonchev–Trinajstić information content (AvgIpc) is 2.28. The third-order valence-electron chi connectivity index (χ3n) is 2.09. The number of nitrogens with zero attached hydrogens (tertiary/aromatic N) is 1. The standard InChI is InChI=1S/C10H11NO5/c1-16-10(13)5-7-2-3-8(6-12)9(4-7)11(14)15/h2-4,12H,5-6H2,1H3. The Morgan fingerprint density at radius 2 is 2.25 bits per heavy atom. The summed E-state index contributed by atoms with van der Waals surface area (Å²) in [6.45, 7) is -0.408. The van der Waals surface area contributed by atoms with Crippen molar-refractivity contribution < 1.29 is 19.6 Å². The number of carbonyl (C=O) groups excluding carboxylic acids is 1. The van der Waals surface area contributed by atoms with Crippen molar-refractivity contribution >= 4 is 11.7 Å². The number of rotatable bonds is 4. The van der Waals surface area contributed by atoms with Crippen LogP contribution in [0.4, 0.5) is 5.69 Å². The zero-order valence-electron chi connectivity index (χ0n) is 8.67. The van der Waals surface area contributed by atoms with Gasteiger partial charge < -0.3 is 9.84 Å². The molecule has 0 aliphatic heterocycles. The Morgan fingerprint density at radius 1 is 1.56 bits per heavy atom. The van der Waals surface area contributed by atoms with Gasteiger partial charge in [0.1, 0.15) is 0 Å². The Morgan fingerprint density at radius 3 is 2.75 bits per heavy atom. The predicted octanol–water partition coefficient (Wildman–Crippen LogP) is 0.803. The SMILES string of the molecule is COC(=O)Cc1ccc(CO)c([N+](=O)[O-])c1. The Balaban J connectivity index is 3.02. The molecule has 0 spiro atoms. The molecule has 0 saturated heterocycles. The first-order valence-corrected chi connectivity index (χ1v) is 4.52. The second-order valence-electron chi connectivity index (χ2n) is 3.13. The minimum Gasteiger partial charge on any atom is -0.469 e. The van der Waals surface area contributed by atoms with Crippen LogP contribution >= 0.6 is 0 Å². The number of nitro benzene ring substituents is 1. The van der Waals surface area contributed by atoms with E-state index in [4.69, 9.17) is 5.11 Å². The van der Waals surface area contributed by atoms with Crippen molar-refractivity contribution in [3.63, 3.8) is 0 Å². The van der Waals surface area contributed by atoms with Crippen LogP contribution in [-0.4, -0.2) is 23.1 Å². The van der Waals surface area contributed by atoms with Gasteiger partial charge in [-0.25, -0.2) is 0 Å². The normalized spacial score (nSPS) is 9.88. The van der Waals surface area contributed by atoms with Gasteiger partial charge in [0.15, 0.2) is 0 Å². The van der Waals surface area contributed by atoms with Crippen LogP contribution in [0.5, 0.6) is 0 Å². The van der Waals surface area contributed by atoms with Gasteiger partial charge in [-0.05, 0) is 11.6 Å². The minimum absolute atomic E-state index is 0.0248. The number of hydrogen-bond donors (Lipinski definition) is 1. The van der Waals surface area contributed by atoms with Crippen molar-refractivity contribution in [2.75, 3.05) is 7.11 Å². The molecule has 0 atom stereocenters. The van der Waals surface area contributed by atoms with E-state index in [0.29, 0.717) is 5.56 Å². The lowest BCUT2D eigenvalue weighted by molar-refractivity contribution is -0.385. The quantitative estimate of drug-likeness (QED) is 0.465. The first kappa shape index (κ1) is 12.1. The van der Waals surface area contributed by atoms with E-state index in [-0.39, 0.29) is 17.7 Å². The van der Waals surface area contributed by atoms with E-state index in [1.165, 1.54) is 19.2 Å². The molecule has 6 nitrogen and oxygen atoms in total. The molecule has 6 heteroatoms. The molecule has 0 saturated carbocycles. The summed E-state index contributed by atoms with van der Waals surface area (Å²) < 4.78 is 4.45. The Bertz CT molecular complexity index is 416. The van der Waals surface area contributed by atoms with E-state index in [0.717, 1.165) is 0 Å². The van der Waals surface area contributed by atoms with Crippen molar-refractivity contribution in [3.05, 3.63) is 39.4 Å². The van der Waals surface area contributed by atoms with Gasteiger partial charge in [-0.2, -0.15) is 0 Å². The number of nitro groups is 1. The van der Waals surface area contributed by atoms with Crippen LogP contribution in [0.25, 0.3) is 0 Å². The molecule has 86 valence electrons. The molecule has 1 rings (SSSR count). The number of benzene rings is 1. The number of aliphatic hydroxyl groups excluding tert-OH is 1. The summed E-state index contributed by atoms with van der Waals surface area (Å²) in [6, 6.07) is 4.24. The second-order valence-corrected chi connectivity index (χ2v) is 3.13. The van der Waals surface area contributed by atoms with Crippen molar-refractivity contribution in [2.45, 2.75) is 13.0 Å². The lowest BCUT2D eigenvalue weighted by atomic mass is 10.1. The van der Waals surface area contributed by atoms with E-state index in [2.05, 4.69) is 4.74 Å². The first-order valence-electron chi connectivity index (χ1n) is 4.52. The highest BCUT2D eigenvalue weighted by Crippen LogP contribution is 2.20. The summed E-state index contributed by atoms with van der Waals surface area (Å²) in [7, 11) is 1.25. The third kappa shape index (κ3) is 2.77. The zero-order valence-corrected chi connectivity index (χ0v) is 8.67. The van der Waals surface area contributed by atoms with Crippen LogP contribution in [0.1, 0.15) is 11.1 Å². The van der Waals surface area contributed by atoms with Crippen LogP contribution in [0.2, 0.25) is 0 Å². The highest BCUT2D eigenvalue weighted by atomic mass is 16.6. The summed E-state index contributed by atoms with van der Waals surface area (Å²) in [6.07, 6.45) is -0.0248. The fourth-order valence-corrected chi connectivity index (χ4v) is 1.26. The minimum atomic E-state index is -0.591. The fourth-order valence-electron chi connectivity index (χ4n) is 1.26. The highest BCUT2D eigenvalue weighted by molar-refractivity contribution is 5.72. The molecule has 0 radical (unpaired) electrons. The first-order chi connectivity index (χ1) is 7.58. The molecule has 16 heavy (non-hydrogen) atoms. The molecule has 1 aromatic carbocycles. The molecule has 1 aromatic rings. The molecule has 0 aliphatic rings.